The third kappa shape index (κ3) is 4.96. The summed E-state index contributed by atoms with van der Waals surface area (Å²) in [5, 5.41) is 11.1. The van der Waals surface area contributed by atoms with Gasteiger partial charge in [-0.2, -0.15) is 13.2 Å². The lowest BCUT2D eigenvalue weighted by Crippen LogP contribution is -2.48. The first-order valence-corrected chi connectivity index (χ1v) is 10.7. The number of pyridine rings is 1. The third-order valence-electron chi connectivity index (χ3n) is 6.06. The Morgan fingerprint density at radius 3 is 2.50 bits per heavy atom. The predicted octanol–water partition coefficient (Wildman–Crippen LogP) is 4.30. The van der Waals surface area contributed by atoms with E-state index in [1.165, 1.54) is 0 Å². The van der Waals surface area contributed by atoms with Crippen molar-refractivity contribution >= 4 is 5.91 Å². The molecule has 1 saturated heterocycles. The average Bonchev–Trinajstić information content (AvgIpc) is 3.18. The van der Waals surface area contributed by atoms with Crippen LogP contribution >= 0.6 is 0 Å². The van der Waals surface area contributed by atoms with Gasteiger partial charge in [-0.3, -0.25) is 4.79 Å². The Labute approximate surface area is 184 Å². The molecule has 170 valence electrons. The number of aromatic nitrogens is 2. The summed E-state index contributed by atoms with van der Waals surface area (Å²) >= 11 is 0. The highest BCUT2D eigenvalue weighted by Gasteiger charge is 2.37. The number of nitrogens with zero attached hydrogens (tertiary/aromatic N) is 3. The fourth-order valence-corrected chi connectivity index (χ4v) is 4.32. The zero-order valence-corrected chi connectivity index (χ0v) is 17.9. The van der Waals surface area contributed by atoms with Crippen molar-refractivity contribution in [1.29, 1.82) is 0 Å². The van der Waals surface area contributed by atoms with Crippen molar-refractivity contribution in [3.63, 3.8) is 0 Å². The maximum atomic E-state index is 13.1. The van der Waals surface area contributed by atoms with Crippen molar-refractivity contribution in [1.82, 2.24) is 14.5 Å². The first kappa shape index (κ1) is 22.3. The first-order chi connectivity index (χ1) is 15.1. The summed E-state index contributed by atoms with van der Waals surface area (Å²) in [6, 6.07) is 12.5. The number of rotatable bonds is 5. The summed E-state index contributed by atoms with van der Waals surface area (Å²) in [4.78, 5) is 18.1. The molecule has 8 heteroatoms. The minimum atomic E-state index is -4.52. The van der Waals surface area contributed by atoms with Gasteiger partial charge in [0.15, 0.2) is 0 Å². The van der Waals surface area contributed by atoms with Crippen LogP contribution in [0.3, 0.4) is 0 Å². The van der Waals surface area contributed by atoms with Gasteiger partial charge in [0.25, 0.3) is 0 Å². The van der Waals surface area contributed by atoms with Crippen LogP contribution < -0.4 is 0 Å². The monoisotopic (exact) mass is 445 g/mol. The van der Waals surface area contributed by atoms with Crippen LogP contribution in [0.25, 0.3) is 11.4 Å². The molecule has 0 saturated carbocycles. The van der Waals surface area contributed by atoms with E-state index in [9.17, 15) is 23.1 Å². The molecule has 0 spiro atoms. The predicted molar refractivity (Wildman–Crippen MR) is 114 cm³/mol. The van der Waals surface area contributed by atoms with E-state index >= 15 is 0 Å². The van der Waals surface area contributed by atoms with Gasteiger partial charge in [-0.05, 0) is 49.4 Å². The molecule has 0 bridgehead atoms. The molecule has 3 heterocycles. The van der Waals surface area contributed by atoms with Gasteiger partial charge >= 0.3 is 6.18 Å². The Balaban J connectivity index is 1.41. The molecule has 5 nitrogen and oxygen atoms in total. The summed E-state index contributed by atoms with van der Waals surface area (Å²) in [5.74, 6) is 0.256. The molecule has 1 aromatic rings. The number of halogens is 3. The number of piperidine rings is 1. The van der Waals surface area contributed by atoms with Gasteiger partial charge in [0.1, 0.15) is 11.5 Å². The number of aliphatic hydroxyl groups is 1. The number of alkyl halides is 3. The lowest BCUT2D eigenvalue weighted by Gasteiger charge is -2.39. The topological polar surface area (TPSA) is 58.4 Å². The molecule has 1 fully saturated rings. The van der Waals surface area contributed by atoms with Crippen LogP contribution in [0.1, 0.15) is 36.1 Å². The van der Waals surface area contributed by atoms with E-state index in [0.29, 0.717) is 44.3 Å². The van der Waals surface area contributed by atoms with Crippen LogP contribution in [0.4, 0.5) is 13.2 Å². The van der Waals surface area contributed by atoms with E-state index in [2.05, 4.69) is 4.98 Å². The summed E-state index contributed by atoms with van der Waals surface area (Å²) in [7, 11) is 0. The smallest absolute Gasteiger partial charge is 0.388 e. The van der Waals surface area contributed by atoms with E-state index in [1.807, 2.05) is 30.3 Å². The number of likely N-dealkylation sites (tertiary alicyclic amines) is 1. The van der Waals surface area contributed by atoms with Crippen molar-refractivity contribution in [3.05, 3.63) is 65.5 Å². The number of amides is 1. The molecule has 4 rings (SSSR count). The van der Waals surface area contributed by atoms with Crippen molar-refractivity contribution in [2.75, 3.05) is 13.1 Å². The van der Waals surface area contributed by atoms with Crippen LogP contribution in [0, 0.1) is 6.92 Å². The summed E-state index contributed by atoms with van der Waals surface area (Å²) in [6.07, 6.45) is -1.01. The van der Waals surface area contributed by atoms with Gasteiger partial charge in [0.05, 0.1) is 12.1 Å². The lowest BCUT2D eigenvalue weighted by molar-refractivity contribution is -0.140. The van der Waals surface area contributed by atoms with Crippen LogP contribution in [0.2, 0.25) is 0 Å². The van der Waals surface area contributed by atoms with Crippen molar-refractivity contribution < 1.29 is 23.1 Å². The minimum Gasteiger partial charge on any atom is -0.388 e. The molecule has 1 aromatic carbocycles. The van der Waals surface area contributed by atoms with Gasteiger partial charge in [0, 0.05) is 31.3 Å². The highest BCUT2D eigenvalue weighted by atomic mass is 19.4. The molecule has 1 N–H and O–H groups in total. The summed E-state index contributed by atoms with van der Waals surface area (Å²) in [6.45, 7) is 2.77. The Kier molecular flexibility index (Phi) is 5.99. The largest absolute Gasteiger partial charge is 0.433 e. The Morgan fingerprint density at radius 1 is 1.16 bits per heavy atom. The molecule has 32 heavy (non-hydrogen) atoms. The van der Waals surface area contributed by atoms with Crippen LogP contribution in [0.15, 0.2) is 48.7 Å². The second kappa shape index (κ2) is 8.58. The van der Waals surface area contributed by atoms with E-state index in [-0.39, 0.29) is 18.3 Å². The van der Waals surface area contributed by atoms with Crippen molar-refractivity contribution in [2.24, 2.45) is 0 Å². The zero-order valence-electron chi connectivity index (χ0n) is 17.9. The standard InChI is InChI=1S/C24H26F3N3O2/c1-17-13-19-14-20(24(25,26)27)28-22(19)30(15-17)16-23(32)9-11-29(12-10-23)21(31)8-7-18-5-3-2-4-6-18/h2-6,13-15,32H,7-12,16H2,1H3. The van der Waals surface area contributed by atoms with E-state index < -0.39 is 17.5 Å². The fourth-order valence-electron chi connectivity index (χ4n) is 4.32. The van der Waals surface area contributed by atoms with Gasteiger partial charge in [-0.15, -0.1) is 0 Å². The number of carbonyl (C=O) groups is 1. The summed E-state index contributed by atoms with van der Waals surface area (Å²) < 4.78 is 41.0. The van der Waals surface area contributed by atoms with E-state index in [4.69, 9.17) is 0 Å². The van der Waals surface area contributed by atoms with Gasteiger partial charge in [-0.1, -0.05) is 30.3 Å². The molecule has 0 unspecified atom stereocenters. The van der Waals surface area contributed by atoms with Crippen molar-refractivity contribution in [2.45, 2.75) is 50.9 Å². The van der Waals surface area contributed by atoms with E-state index in [0.717, 1.165) is 17.2 Å². The Bertz CT molecular complexity index is 1050. The first-order valence-electron chi connectivity index (χ1n) is 10.7. The number of aryl methyl sites for hydroxylation is 2. The number of hydrogen-bond acceptors (Lipinski definition) is 3. The molecule has 0 atom stereocenters. The number of carbonyl (C=O) groups excluding carboxylic acids is 1. The second-order valence-corrected chi connectivity index (χ2v) is 8.65. The van der Waals surface area contributed by atoms with Crippen LogP contribution in [-0.4, -0.2) is 44.2 Å². The SMILES string of the molecule is Cc1cc2cc(C(F)(F)F)nc-2n(CC2(O)CCN(C(=O)CCc3ccccc3)CC2)c1. The molecule has 3 aliphatic heterocycles. The molecular weight excluding hydrogens is 419 g/mol. The van der Waals surface area contributed by atoms with Crippen LogP contribution in [0.5, 0.6) is 0 Å². The highest BCUT2D eigenvalue weighted by Crippen LogP contribution is 2.35. The number of benzene rings is 1. The lowest BCUT2D eigenvalue weighted by atomic mass is 9.90. The van der Waals surface area contributed by atoms with Gasteiger partial charge < -0.3 is 14.6 Å². The molecular formula is C24H26F3N3O2. The third-order valence-corrected chi connectivity index (χ3v) is 6.06. The minimum absolute atomic E-state index is 0.0500. The highest BCUT2D eigenvalue weighted by molar-refractivity contribution is 5.76. The normalized spacial score (nSPS) is 16.5. The Morgan fingerprint density at radius 2 is 1.84 bits per heavy atom. The van der Waals surface area contributed by atoms with Gasteiger partial charge in [0.2, 0.25) is 5.91 Å². The molecule has 3 aliphatic rings. The molecule has 1 amide bonds. The molecule has 0 aliphatic carbocycles. The molecule has 0 radical (unpaired) electrons. The summed E-state index contributed by atoms with van der Waals surface area (Å²) in [5.41, 5.74) is 0.247. The number of hydrogen-bond donors (Lipinski definition) is 1. The maximum absolute atomic E-state index is 13.1. The molecule has 0 aromatic heterocycles. The zero-order chi connectivity index (χ0) is 22.9. The average molecular weight is 445 g/mol. The van der Waals surface area contributed by atoms with Crippen molar-refractivity contribution in [3.8, 4) is 11.4 Å². The second-order valence-electron chi connectivity index (χ2n) is 8.65. The quantitative estimate of drug-likeness (QED) is 0.637. The Hall–Kier alpha value is -2.87. The van der Waals surface area contributed by atoms with Crippen LogP contribution in [-0.2, 0) is 23.9 Å². The maximum Gasteiger partial charge on any atom is 0.433 e. The van der Waals surface area contributed by atoms with E-state index in [1.54, 1.807) is 28.7 Å². The fraction of sp³-hybridized carbons (Fsp3) is 0.417. The number of fused-ring (bicyclic) bond motifs is 1. The van der Waals surface area contributed by atoms with Gasteiger partial charge in [-0.25, -0.2) is 4.98 Å².